The van der Waals surface area contributed by atoms with Gasteiger partial charge in [0.05, 0.1) is 10.5 Å². The van der Waals surface area contributed by atoms with Crippen LogP contribution in [0.3, 0.4) is 0 Å². The maximum atomic E-state index is 14.3. The minimum atomic E-state index is -0.648. The molecule has 6 nitrogen and oxygen atoms in total. The van der Waals surface area contributed by atoms with Crippen LogP contribution in [0.2, 0.25) is 5.02 Å². The zero-order valence-electron chi connectivity index (χ0n) is 17.5. The standard InChI is InChI=1S/C23H21ClFN3O3/c1-12-19(20-14-7-5-6-8-15(14)22(30)27-26-20)16-9-13(25)10-17(24)21(16)28(12)11-18(29)31-23(2,3)4/h5-10H,11H2,1-4H3,(H,27,30). The number of nitrogens with zero attached hydrogens (tertiary/aromatic N) is 3. The molecular formula is C23H21ClFN3O3. The van der Waals surface area contributed by atoms with Gasteiger partial charge in [0.25, 0.3) is 0 Å². The van der Waals surface area contributed by atoms with E-state index >= 15 is 0 Å². The van der Waals surface area contributed by atoms with Crippen molar-refractivity contribution in [2.75, 3.05) is 0 Å². The Bertz CT molecular complexity index is 1340. The van der Waals surface area contributed by atoms with Gasteiger partial charge in [0.15, 0.2) is 0 Å². The van der Waals surface area contributed by atoms with Crippen LogP contribution in [-0.2, 0) is 16.1 Å². The number of aromatic hydroxyl groups is 1. The molecule has 0 bridgehead atoms. The molecular weight excluding hydrogens is 421 g/mol. The molecule has 0 atom stereocenters. The molecule has 0 aliphatic heterocycles. The number of hydrogen-bond donors (Lipinski definition) is 1. The summed E-state index contributed by atoms with van der Waals surface area (Å²) in [5.74, 6) is -1.15. The highest BCUT2D eigenvalue weighted by atomic mass is 35.5. The highest BCUT2D eigenvalue weighted by Gasteiger charge is 2.25. The molecule has 0 aliphatic rings. The summed E-state index contributed by atoms with van der Waals surface area (Å²) in [5, 5.41) is 20.0. The Balaban J connectivity index is 2.01. The lowest BCUT2D eigenvalue weighted by Gasteiger charge is -2.20. The molecule has 1 N–H and O–H groups in total. The monoisotopic (exact) mass is 441 g/mol. The summed E-state index contributed by atoms with van der Waals surface area (Å²) in [6.45, 7) is 7.07. The fraction of sp³-hybridized carbons (Fsp3) is 0.261. The zero-order valence-corrected chi connectivity index (χ0v) is 18.3. The Morgan fingerprint density at radius 2 is 1.84 bits per heavy atom. The highest BCUT2D eigenvalue weighted by Crippen LogP contribution is 2.40. The molecule has 8 heteroatoms. The SMILES string of the molecule is Cc1c(-c2nnc(O)c3ccccc23)c2cc(F)cc(Cl)c2n1CC(=O)OC(C)(C)C. The minimum absolute atomic E-state index is 0.103. The van der Waals surface area contributed by atoms with Crippen molar-refractivity contribution in [1.82, 2.24) is 14.8 Å². The van der Waals surface area contributed by atoms with Gasteiger partial charge in [-0.3, -0.25) is 4.79 Å². The van der Waals surface area contributed by atoms with Gasteiger partial charge in [0.2, 0.25) is 5.88 Å². The number of ether oxygens (including phenoxy) is 1. The number of rotatable bonds is 3. The third-order valence-electron chi connectivity index (χ3n) is 4.95. The predicted molar refractivity (Wildman–Crippen MR) is 118 cm³/mol. The van der Waals surface area contributed by atoms with Crippen molar-refractivity contribution in [3.05, 3.63) is 52.9 Å². The minimum Gasteiger partial charge on any atom is -0.492 e. The molecule has 0 aliphatic carbocycles. The lowest BCUT2D eigenvalue weighted by atomic mass is 10.0. The lowest BCUT2D eigenvalue weighted by Crippen LogP contribution is -2.26. The maximum absolute atomic E-state index is 14.3. The fourth-order valence-electron chi connectivity index (χ4n) is 3.80. The van der Waals surface area contributed by atoms with Gasteiger partial charge in [0.1, 0.15) is 23.7 Å². The summed E-state index contributed by atoms with van der Waals surface area (Å²) < 4.78 is 21.5. The molecule has 160 valence electrons. The number of carbonyl (C=O) groups is 1. The van der Waals surface area contributed by atoms with E-state index in [0.29, 0.717) is 38.6 Å². The van der Waals surface area contributed by atoms with Crippen molar-refractivity contribution < 1.29 is 19.0 Å². The van der Waals surface area contributed by atoms with Crippen LogP contribution in [0.25, 0.3) is 32.9 Å². The smallest absolute Gasteiger partial charge is 0.326 e. The van der Waals surface area contributed by atoms with E-state index in [1.807, 2.05) is 6.07 Å². The van der Waals surface area contributed by atoms with Gasteiger partial charge in [-0.25, -0.2) is 4.39 Å². The molecule has 0 saturated heterocycles. The molecule has 0 saturated carbocycles. The maximum Gasteiger partial charge on any atom is 0.326 e. The number of hydrogen-bond acceptors (Lipinski definition) is 5. The van der Waals surface area contributed by atoms with Crippen molar-refractivity contribution >= 4 is 39.2 Å². The molecule has 2 aromatic carbocycles. The second-order valence-electron chi connectivity index (χ2n) is 8.33. The van der Waals surface area contributed by atoms with Gasteiger partial charge < -0.3 is 14.4 Å². The van der Waals surface area contributed by atoms with Gasteiger partial charge in [-0.15, -0.1) is 10.2 Å². The summed E-state index contributed by atoms with van der Waals surface area (Å²) >= 11 is 6.41. The normalized spacial score (nSPS) is 11.9. The topological polar surface area (TPSA) is 77.2 Å². The first-order valence-electron chi connectivity index (χ1n) is 9.71. The van der Waals surface area contributed by atoms with Gasteiger partial charge in [-0.1, -0.05) is 29.8 Å². The molecule has 0 fully saturated rings. The lowest BCUT2D eigenvalue weighted by molar-refractivity contribution is -0.155. The van der Waals surface area contributed by atoms with Crippen LogP contribution in [0, 0.1) is 12.7 Å². The number of esters is 1. The van der Waals surface area contributed by atoms with E-state index in [1.165, 1.54) is 12.1 Å². The number of carbonyl (C=O) groups excluding carboxylic acids is 1. The molecule has 0 amide bonds. The van der Waals surface area contributed by atoms with Gasteiger partial charge >= 0.3 is 5.97 Å². The van der Waals surface area contributed by atoms with Crippen molar-refractivity contribution in [3.63, 3.8) is 0 Å². The Hall–Kier alpha value is -3.19. The molecule has 0 radical (unpaired) electrons. The first-order valence-corrected chi connectivity index (χ1v) is 10.1. The summed E-state index contributed by atoms with van der Waals surface area (Å²) in [5.41, 5.74) is 1.55. The Morgan fingerprint density at radius 3 is 2.52 bits per heavy atom. The molecule has 0 unspecified atom stereocenters. The molecule has 4 aromatic rings. The summed E-state index contributed by atoms with van der Waals surface area (Å²) in [4.78, 5) is 12.6. The van der Waals surface area contributed by atoms with Crippen molar-refractivity contribution in [3.8, 4) is 17.1 Å². The van der Waals surface area contributed by atoms with Crippen LogP contribution in [0.4, 0.5) is 4.39 Å². The second kappa shape index (κ2) is 7.50. The van der Waals surface area contributed by atoms with Crippen molar-refractivity contribution in [1.29, 1.82) is 0 Å². The van der Waals surface area contributed by atoms with Crippen LogP contribution >= 0.6 is 11.6 Å². The third kappa shape index (κ3) is 3.81. The Kier molecular flexibility index (Phi) is 5.09. The van der Waals surface area contributed by atoms with E-state index in [4.69, 9.17) is 16.3 Å². The third-order valence-corrected chi connectivity index (χ3v) is 5.23. The Labute approximate surface area is 183 Å². The predicted octanol–water partition coefficient (Wildman–Crippen LogP) is 5.40. The molecule has 0 spiro atoms. The van der Waals surface area contributed by atoms with Crippen LogP contribution < -0.4 is 0 Å². The number of halogens is 2. The van der Waals surface area contributed by atoms with E-state index < -0.39 is 17.4 Å². The average Bonchev–Trinajstić information content (AvgIpc) is 2.93. The van der Waals surface area contributed by atoms with Crippen LogP contribution in [0.5, 0.6) is 5.88 Å². The molecule has 4 rings (SSSR count). The van der Waals surface area contributed by atoms with E-state index in [-0.39, 0.29) is 17.4 Å². The van der Waals surface area contributed by atoms with E-state index in [0.717, 1.165) is 0 Å². The van der Waals surface area contributed by atoms with E-state index in [1.54, 1.807) is 50.5 Å². The summed E-state index contributed by atoms with van der Waals surface area (Å²) in [6, 6.07) is 9.69. The van der Waals surface area contributed by atoms with Crippen molar-refractivity contribution in [2.45, 2.75) is 39.8 Å². The fourth-order valence-corrected chi connectivity index (χ4v) is 4.11. The first kappa shape index (κ1) is 21.1. The van der Waals surface area contributed by atoms with Crippen LogP contribution in [0.15, 0.2) is 36.4 Å². The van der Waals surface area contributed by atoms with Gasteiger partial charge in [-0.05, 0) is 45.9 Å². The number of aromatic nitrogens is 3. The molecule has 2 heterocycles. The molecule has 31 heavy (non-hydrogen) atoms. The quantitative estimate of drug-likeness (QED) is 0.431. The van der Waals surface area contributed by atoms with Gasteiger partial charge in [-0.2, -0.15) is 0 Å². The molecule has 2 aromatic heterocycles. The summed E-state index contributed by atoms with van der Waals surface area (Å²) in [7, 11) is 0. The van der Waals surface area contributed by atoms with Crippen molar-refractivity contribution in [2.24, 2.45) is 0 Å². The van der Waals surface area contributed by atoms with E-state index in [2.05, 4.69) is 10.2 Å². The van der Waals surface area contributed by atoms with E-state index in [9.17, 15) is 14.3 Å². The summed E-state index contributed by atoms with van der Waals surface area (Å²) in [6.07, 6.45) is 0. The van der Waals surface area contributed by atoms with Crippen LogP contribution in [0.1, 0.15) is 26.5 Å². The highest BCUT2D eigenvalue weighted by molar-refractivity contribution is 6.35. The second-order valence-corrected chi connectivity index (χ2v) is 8.74. The first-order chi connectivity index (χ1) is 14.6. The number of benzene rings is 2. The zero-order chi connectivity index (χ0) is 22.5. The largest absolute Gasteiger partial charge is 0.492 e. The van der Waals surface area contributed by atoms with Gasteiger partial charge in [0, 0.05) is 27.4 Å². The average molecular weight is 442 g/mol. The Morgan fingerprint density at radius 1 is 1.16 bits per heavy atom. The number of fused-ring (bicyclic) bond motifs is 2. The van der Waals surface area contributed by atoms with Crippen LogP contribution in [-0.4, -0.2) is 31.4 Å².